The molecule has 3 fully saturated rings. The average molecular weight is 533 g/mol. The van der Waals surface area contributed by atoms with E-state index in [-0.39, 0.29) is 24.5 Å². The van der Waals surface area contributed by atoms with Gasteiger partial charge in [0.15, 0.2) is 18.1 Å². The van der Waals surface area contributed by atoms with E-state index in [0.717, 1.165) is 25.7 Å². The predicted molar refractivity (Wildman–Crippen MR) is 142 cm³/mol. The van der Waals surface area contributed by atoms with Crippen LogP contribution in [0.5, 0.6) is 0 Å². The van der Waals surface area contributed by atoms with Crippen LogP contribution in [-0.4, -0.2) is 51.7 Å². The molecule has 0 spiro atoms. The Bertz CT molecular complexity index is 1020. The first-order chi connectivity index (χ1) is 17.9. The molecule has 0 aromatic rings. The normalized spacial score (nSPS) is 41.7. The lowest BCUT2D eigenvalue weighted by molar-refractivity contribution is -0.220. The second kappa shape index (κ2) is 10.6. The molecule has 0 aliphatic heterocycles. The van der Waals surface area contributed by atoms with Crippen molar-refractivity contribution in [3.8, 4) is 0 Å². The summed E-state index contributed by atoms with van der Waals surface area (Å²) in [6, 6.07) is 0. The number of alkyl halides is 1. The fourth-order valence-electron chi connectivity index (χ4n) is 8.52. The third-order valence-corrected chi connectivity index (χ3v) is 10.7. The van der Waals surface area contributed by atoms with Gasteiger partial charge in [0.25, 0.3) is 0 Å². The van der Waals surface area contributed by atoms with Crippen molar-refractivity contribution in [2.45, 2.75) is 116 Å². The summed E-state index contributed by atoms with van der Waals surface area (Å²) in [4.78, 5) is 37.8. The first-order valence-corrected chi connectivity index (χ1v) is 14.6. The van der Waals surface area contributed by atoms with Gasteiger partial charge in [0.2, 0.25) is 5.78 Å². The smallest absolute Gasteiger partial charge is 0.306 e. The van der Waals surface area contributed by atoms with Crippen molar-refractivity contribution in [2.24, 2.45) is 28.6 Å². The van der Waals surface area contributed by atoms with E-state index in [1.165, 1.54) is 18.6 Å². The number of halogens is 1. The maximum atomic E-state index is 17.2. The van der Waals surface area contributed by atoms with Crippen LogP contribution in [0.1, 0.15) is 98.3 Å². The fraction of sp³-hybridized carbons (Fsp3) is 0.774. The van der Waals surface area contributed by atoms with Crippen molar-refractivity contribution in [2.75, 3.05) is 6.61 Å². The standard InChI is InChI=1S/C31H45FO6/c1-5-6-7-8-9-10-11-27(36)38-19-26(35)31(37)20(2)16-24-23-13-12-21-17-22(33)14-15-28(21,3)30(23,32)25(34)18-29(24,31)4/h14-15,17,20,23-25,34,37H,5-13,16,18-19H2,1-4H3/t20-,23-,24-,25-,28-,29-,30?,31-/m0/s1. The summed E-state index contributed by atoms with van der Waals surface area (Å²) in [6.07, 6.45) is 10.8. The zero-order valence-electron chi connectivity index (χ0n) is 23.4. The monoisotopic (exact) mass is 532 g/mol. The molecule has 4 aliphatic rings. The van der Waals surface area contributed by atoms with Crippen LogP contribution in [0, 0.1) is 28.6 Å². The summed E-state index contributed by atoms with van der Waals surface area (Å²) < 4.78 is 22.5. The number of carbonyl (C=O) groups is 3. The Balaban J connectivity index is 1.48. The number of ether oxygens (including phenoxy) is 1. The quantitative estimate of drug-likeness (QED) is 0.296. The van der Waals surface area contributed by atoms with E-state index in [2.05, 4.69) is 6.92 Å². The molecule has 0 saturated heterocycles. The molecule has 8 atom stereocenters. The van der Waals surface area contributed by atoms with Crippen molar-refractivity contribution in [1.82, 2.24) is 0 Å². The molecule has 0 aromatic carbocycles. The zero-order chi connectivity index (χ0) is 27.9. The number of carbonyl (C=O) groups excluding carboxylic acids is 3. The number of fused-ring (bicyclic) bond motifs is 5. The zero-order valence-corrected chi connectivity index (χ0v) is 23.4. The molecule has 4 rings (SSSR count). The number of hydrogen-bond acceptors (Lipinski definition) is 6. The molecular weight excluding hydrogens is 487 g/mol. The van der Waals surface area contributed by atoms with Gasteiger partial charge >= 0.3 is 5.97 Å². The number of ketones is 2. The number of aliphatic hydroxyl groups is 2. The molecule has 0 heterocycles. The van der Waals surface area contributed by atoms with Crippen molar-refractivity contribution in [3.05, 3.63) is 23.8 Å². The van der Waals surface area contributed by atoms with Crippen molar-refractivity contribution < 1.29 is 33.7 Å². The maximum Gasteiger partial charge on any atom is 0.306 e. The number of Topliss-reactive ketones (excluding diaryl/α,β-unsaturated/α-hetero) is 1. The Labute approximate surface area is 226 Å². The van der Waals surface area contributed by atoms with Gasteiger partial charge in [-0.1, -0.05) is 64.5 Å². The second-order valence-electron chi connectivity index (χ2n) is 12.8. The van der Waals surface area contributed by atoms with Crippen LogP contribution in [0.2, 0.25) is 0 Å². The molecule has 2 N–H and O–H groups in total. The molecular formula is C31H45FO6. The van der Waals surface area contributed by atoms with Crippen LogP contribution >= 0.6 is 0 Å². The SMILES string of the molecule is CCCCCCCCC(=O)OCC(=O)[C@@]1(O)[C@@H](C)C[C@H]2[C@@H]3CCC4=CC(=O)C=C[C@]4(C)C3(F)[C@@H](O)C[C@@]21C. The van der Waals surface area contributed by atoms with Crippen LogP contribution in [0.3, 0.4) is 0 Å². The minimum Gasteiger partial charge on any atom is -0.458 e. The van der Waals surface area contributed by atoms with Gasteiger partial charge < -0.3 is 14.9 Å². The van der Waals surface area contributed by atoms with E-state index in [1.54, 1.807) is 26.8 Å². The highest BCUT2D eigenvalue weighted by atomic mass is 19.1. The lowest BCUT2D eigenvalue weighted by atomic mass is 9.44. The summed E-state index contributed by atoms with van der Waals surface area (Å²) in [6.45, 7) is 6.96. The Hall–Kier alpha value is -1.86. The third-order valence-electron chi connectivity index (χ3n) is 10.7. The molecule has 7 heteroatoms. The maximum absolute atomic E-state index is 17.2. The van der Waals surface area contributed by atoms with E-state index in [0.29, 0.717) is 31.3 Å². The number of esters is 1. The van der Waals surface area contributed by atoms with E-state index < -0.39 is 58.4 Å². The lowest BCUT2D eigenvalue weighted by Crippen LogP contribution is -2.69. The molecule has 0 aromatic heterocycles. The number of hydrogen-bond donors (Lipinski definition) is 2. The molecule has 1 unspecified atom stereocenters. The minimum atomic E-state index is -2.02. The van der Waals surface area contributed by atoms with Gasteiger partial charge in [-0.15, -0.1) is 0 Å². The van der Waals surface area contributed by atoms with Gasteiger partial charge in [0, 0.05) is 23.2 Å². The fourth-order valence-corrected chi connectivity index (χ4v) is 8.52. The molecule has 6 nitrogen and oxygen atoms in total. The van der Waals surface area contributed by atoms with E-state index in [4.69, 9.17) is 4.74 Å². The van der Waals surface area contributed by atoms with Crippen LogP contribution < -0.4 is 0 Å². The summed E-state index contributed by atoms with van der Waals surface area (Å²) in [7, 11) is 0. The summed E-state index contributed by atoms with van der Waals surface area (Å²) in [5.74, 6) is -2.61. The van der Waals surface area contributed by atoms with Gasteiger partial charge in [0.05, 0.1) is 6.10 Å². The van der Waals surface area contributed by atoms with Gasteiger partial charge in [-0.3, -0.25) is 14.4 Å². The summed E-state index contributed by atoms with van der Waals surface area (Å²) in [5.41, 5.74) is -5.35. The van der Waals surface area contributed by atoms with Crippen molar-refractivity contribution in [1.29, 1.82) is 0 Å². The molecule has 38 heavy (non-hydrogen) atoms. The Morgan fingerprint density at radius 1 is 1.13 bits per heavy atom. The van der Waals surface area contributed by atoms with E-state index in [1.807, 2.05) is 0 Å². The highest BCUT2D eigenvalue weighted by molar-refractivity contribution is 6.01. The number of allylic oxidation sites excluding steroid dienone is 4. The molecule has 4 aliphatic carbocycles. The van der Waals surface area contributed by atoms with Gasteiger partial charge in [0.1, 0.15) is 5.60 Å². The summed E-state index contributed by atoms with van der Waals surface area (Å²) in [5, 5.41) is 23.4. The van der Waals surface area contributed by atoms with E-state index in [9.17, 15) is 24.6 Å². The topological polar surface area (TPSA) is 101 Å². The van der Waals surface area contributed by atoms with Crippen molar-refractivity contribution >= 4 is 17.5 Å². The van der Waals surface area contributed by atoms with Crippen LogP contribution in [0.25, 0.3) is 0 Å². The van der Waals surface area contributed by atoms with Crippen LogP contribution in [0.15, 0.2) is 23.8 Å². The van der Waals surface area contributed by atoms with Gasteiger partial charge in [-0.2, -0.15) is 0 Å². The molecule has 3 saturated carbocycles. The first-order valence-electron chi connectivity index (χ1n) is 14.6. The highest BCUT2D eigenvalue weighted by Crippen LogP contribution is 2.70. The lowest BCUT2D eigenvalue weighted by Gasteiger charge is -2.62. The Morgan fingerprint density at radius 3 is 2.53 bits per heavy atom. The van der Waals surface area contributed by atoms with E-state index >= 15 is 4.39 Å². The third kappa shape index (κ3) is 4.32. The predicted octanol–water partition coefficient (Wildman–Crippen LogP) is 5.20. The molecule has 0 amide bonds. The second-order valence-corrected chi connectivity index (χ2v) is 12.8. The molecule has 0 bridgehead atoms. The largest absolute Gasteiger partial charge is 0.458 e. The Kier molecular flexibility index (Phi) is 8.13. The number of unbranched alkanes of at least 4 members (excludes halogenated alkanes) is 5. The Morgan fingerprint density at radius 2 is 1.82 bits per heavy atom. The first kappa shape index (κ1) is 29.1. The summed E-state index contributed by atoms with van der Waals surface area (Å²) >= 11 is 0. The molecule has 0 radical (unpaired) electrons. The van der Waals surface area contributed by atoms with Crippen molar-refractivity contribution in [3.63, 3.8) is 0 Å². The highest BCUT2D eigenvalue weighted by Gasteiger charge is 2.75. The molecule has 212 valence electrons. The van der Waals surface area contributed by atoms with Crippen LogP contribution in [0.4, 0.5) is 4.39 Å². The average Bonchev–Trinajstić information content (AvgIpc) is 3.07. The van der Waals surface area contributed by atoms with Gasteiger partial charge in [-0.25, -0.2) is 4.39 Å². The van der Waals surface area contributed by atoms with Gasteiger partial charge in [-0.05, 0) is 63.0 Å². The number of aliphatic hydroxyl groups excluding tert-OH is 1. The number of rotatable bonds is 10. The van der Waals surface area contributed by atoms with Crippen LogP contribution in [-0.2, 0) is 19.1 Å². The minimum absolute atomic E-state index is 0.0897.